The molecular formula is C10H11NO3. The average molecular weight is 193 g/mol. The largest absolute Gasteiger partial charge is 0.480 e. The molecule has 3 N–H and O–H groups in total. The molecule has 1 aromatic rings. The SMILES string of the molecule is O=C(O)C1(CO)CNc2ccccc21. The molecule has 1 unspecified atom stereocenters. The predicted molar refractivity (Wildman–Crippen MR) is 51.3 cm³/mol. The third-order valence-corrected chi connectivity index (χ3v) is 2.70. The summed E-state index contributed by atoms with van der Waals surface area (Å²) in [5.41, 5.74) is 0.287. The average Bonchev–Trinajstić information content (AvgIpc) is 2.57. The molecule has 0 bridgehead atoms. The first kappa shape index (κ1) is 9.02. The highest BCUT2D eigenvalue weighted by molar-refractivity contribution is 5.87. The fourth-order valence-electron chi connectivity index (χ4n) is 1.80. The molecule has 0 aromatic heterocycles. The van der Waals surface area contributed by atoms with Gasteiger partial charge in [0, 0.05) is 12.2 Å². The van der Waals surface area contributed by atoms with Crippen LogP contribution in [0.5, 0.6) is 0 Å². The maximum Gasteiger partial charge on any atom is 0.318 e. The minimum atomic E-state index is -1.17. The summed E-state index contributed by atoms with van der Waals surface area (Å²) >= 11 is 0. The number of rotatable bonds is 2. The second kappa shape index (κ2) is 2.99. The van der Waals surface area contributed by atoms with E-state index in [0.29, 0.717) is 5.56 Å². The molecule has 1 atom stereocenters. The van der Waals surface area contributed by atoms with Crippen molar-refractivity contribution in [3.05, 3.63) is 29.8 Å². The number of nitrogens with one attached hydrogen (secondary N) is 1. The summed E-state index contributed by atoms with van der Waals surface area (Å²) in [6.07, 6.45) is 0. The van der Waals surface area contributed by atoms with E-state index in [0.717, 1.165) is 5.69 Å². The predicted octanol–water partition coefficient (Wildman–Crippen LogP) is 0.427. The highest BCUT2D eigenvalue weighted by Gasteiger charge is 2.45. The number of fused-ring (bicyclic) bond motifs is 1. The molecule has 1 heterocycles. The Bertz CT molecular complexity index is 377. The first-order valence-electron chi connectivity index (χ1n) is 4.38. The van der Waals surface area contributed by atoms with Crippen molar-refractivity contribution in [2.24, 2.45) is 0 Å². The number of carboxylic acids is 1. The van der Waals surface area contributed by atoms with Crippen molar-refractivity contribution < 1.29 is 15.0 Å². The number of carbonyl (C=O) groups is 1. The normalized spacial score (nSPS) is 24.1. The van der Waals surface area contributed by atoms with Crippen LogP contribution < -0.4 is 5.32 Å². The zero-order valence-electron chi connectivity index (χ0n) is 7.53. The number of benzene rings is 1. The highest BCUT2D eigenvalue weighted by atomic mass is 16.4. The number of aliphatic hydroxyl groups excluding tert-OH is 1. The van der Waals surface area contributed by atoms with Gasteiger partial charge in [0.05, 0.1) is 6.61 Å². The van der Waals surface area contributed by atoms with E-state index in [1.807, 2.05) is 12.1 Å². The van der Waals surface area contributed by atoms with Crippen LogP contribution in [-0.4, -0.2) is 29.3 Å². The Kier molecular flexibility index (Phi) is 1.93. The lowest BCUT2D eigenvalue weighted by Crippen LogP contribution is -2.41. The topological polar surface area (TPSA) is 69.6 Å². The molecule has 1 aliphatic heterocycles. The Labute approximate surface area is 81.2 Å². The monoisotopic (exact) mass is 193 g/mol. The first-order valence-corrected chi connectivity index (χ1v) is 4.38. The van der Waals surface area contributed by atoms with Crippen LogP contribution >= 0.6 is 0 Å². The van der Waals surface area contributed by atoms with E-state index in [2.05, 4.69) is 5.32 Å². The standard InChI is InChI=1S/C10H11NO3/c12-6-10(9(13)14)5-11-8-4-2-1-3-7(8)10/h1-4,11-12H,5-6H2,(H,13,14). The van der Waals surface area contributed by atoms with Crippen molar-refractivity contribution in [2.45, 2.75) is 5.41 Å². The van der Waals surface area contributed by atoms with Gasteiger partial charge in [-0.25, -0.2) is 0 Å². The summed E-state index contributed by atoms with van der Waals surface area (Å²) in [6.45, 7) is -0.134. The molecule has 0 spiro atoms. The van der Waals surface area contributed by atoms with E-state index in [-0.39, 0.29) is 13.2 Å². The van der Waals surface area contributed by atoms with Gasteiger partial charge in [-0.1, -0.05) is 18.2 Å². The molecule has 0 amide bonds. The van der Waals surface area contributed by atoms with E-state index in [9.17, 15) is 9.90 Å². The van der Waals surface area contributed by atoms with Crippen molar-refractivity contribution in [1.29, 1.82) is 0 Å². The summed E-state index contributed by atoms with van der Waals surface area (Å²) in [7, 11) is 0. The van der Waals surface area contributed by atoms with Crippen molar-refractivity contribution in [3.8, 4) is 0 Å². The van der Waals surface area contributed by atoms with Gasteiger partial charge in [0.15, 0.2) is 0 Å². The minimum absolute atomic E-state index is 0.248. The van der Waals surface area contributed by atoms with Gasteiger partial charge in [-0.15, -0.1) is 0 Å². The molecule has 0 radical (unpaired) electrons. The van der Waals surface area contributed by atoms with Gasteiger partial charge in [-0.2, -0.15) is 0 Å². The van der Waals surface area contributed by atoms with Crippen LogP contribution in [0.1, 0.15) is 5.56 Å². The number of para-hydroxylation sites is 1. The smallest absolute Gasteiger partial charge is 0.318 e. The van der Waals surface area contributed by atoms with Gasteiger partial charge in [0.1, 0.15) is 5.41 Å². The zero-order valence-corrected chi connectivity index (χ0v) is 7.53. The van der Waals surface area contributed by atoms with Gasteiger partial charge >= 0.3 is 5.97 Å². The Hall–Kier alpha value is -1.55. The number of hydrogen-bond donors (Lipinski definition) is 3. The molecule has 14 heavy (non-hydrogen) atoms. The Morgan fingerprint density at radius 2 is 2.21 bits per heavy atom. The second-order valence-electron chi connectivity index (χ2n) is 3.44. The Morgan fingerprint density at radius 3 is 2.86 bits per heavy atom. The summed E-state index contributed by atoms with van der Waals surface area (Å²) in [5.74, 6) is -0.988. The molecule has 74 valence electrons. The molecule has 0 saturated carbocycles. The molecule has 0 saturated heterocycles. The quantitative estimate of drug-likeness (QED) is 0.637. The van der Waals surface area contributed by atoms with Crippen LogP contribution in [0, 0.1) is 0 Å². The lowest BCUT2D eigenvalue weighted by atomic mass is 9.83. The molecule has 4 nitrogen and oxygen atoms in total. The molecule has 2 rings (SSSR count). The van der Waals surface area contributed by atoms with Crippen molar-refractivity contribution in [2.75, 3.05) is 18.5 Å². The molecule has 1 aromatic carbocycles. The lowest BCUT2D eigenvalue weighted by molar-refractivity contribution is -0.144. The zero-order chi connectivity index (χ0) is 10.2. The van der Waals surface area contributed by atoms with Gasteiger partial charge in [-0.05, 0) is 11.6 Å². The van der Waals surface area contributed by atoms with Crippen LogP contribution in [0.15, 0.2) is 24.3 Å². The maximum absolute atomic E-state index is 11.1. The highest BCUT2D eigenvalue weighted by Crippen LogP contribution is 2.36. The van der Waals surface area contributed by atoms with E-state index in [1.165, 1.54) is 0 Å². The summed E-state index contributed by atoms with van der Waals surface area (Å²) < 4.78 is 0. The maximum atomic E-state index is 11.1. The fraction of sp³-hybridized carbons (Fsp3) is 0.300. The van der Waals surface area contributed by atoms with E-state index in [1.54, 1.807) is 12.1 Å². The third-order valence-electron chi connectivity index (χ3n) is 2.70. The molecular weight excluding hydrogens is 182 g/mol. The van der Waals surface area contributed by atoms with Crippen LogP contribution in [-0.2, 0) is 10.2 Å². The Balaban J connectivity index is 2.55. The number of carboxylic acid groups (broad SMARTS) is 1. The first-order chi connectivity index (χ1) is 6.70. The van der Waals surface area contributed by atoms with Gasteiger partial charge < -0.3 is 15.5 Å². The van der Waals surface area contributed by atoms with E-state index < -0.39 is 11.4 Å². The number of anilines is 1. The molecule has 1 aliphatic rings. The van der Waals surface area contributed by atoms with Crippen LogP contribution in [0.4, 0.5) is 5.69 Å². The summed E-state index contributed by atoms with van der Waals surface area (Å²) in [4.78, 5) is 11.1. The molecule has 0 fully saturated rings. The van der Waals surface area contributed by atoms with Crippen LogP contribution in [0.2, 0.25) is 0 Å². The second-order valence-corrected chi connectivity index (χ2v) is 3.44. The number of hydrogen-bond acceptors (Lipinski definition) is 3. The van der Waals surface area contributed by atoms with Crippen LogP contribution in [0.3, 0.4) is 0 Å². The van der Waals surface area contributed by atoms with Crippen molar-refractivity contribution in [1.82, 2.24) is 0 Å². The van der Waals surface area contributed by atoms with Gasteiger partial charge in [-0.3, -0.25) is 4.79 Å². The molecule has 0 aliphatic carbocycles. The Morgan fingerprint density at radius 1 is 1.50 bits per heavy atom. The number of aliphatic hydroxyl groups is 1. The van der Waals surface area contributed by atoms with Gasteiger partial charge in [0.2, 0.25) is 0 Å². The summed E-state index contributed by atoms with van der Waals surface area (Å²) in [5, 5.41) is 21.3. The third kappa shape index (κ3) is 1.01. The lowest BCUT2D eigenvalue weighted by Gasteiger charge is -2.20. The number of aliphatic carboxylic acids is 1. The van der Waals surface area contributed by atoms with E-state index in [4.69, 9.17) is 5.11 Å². The van der Waals surface area contributed by atoms with E-state index >= 15 is 0 Å². The fourth-order valence-corrected chi connectivity index (χ4v) is 1.80. The summed E-state index contributed by atoms with van der Waals surface area (Å²) in [6, 6.07) is 7.16. The van der Waals surface area contributed by atoms with Crippen molar-refractivity contribution >= 4 is 11.7 Å². The minimum Gasteiger partial charge on any atom is -0.480 e. The van der Waals surface area contributed by atoms with Crippen LogP contribution in [0.25, 0.3) is 0 Å². The van der Waals surface area contributed by atoms with Gasteiger partial charge in [0.25, 0.3) is 0 Å². The van der Waals surface area contributed by atoms with Crippen molar-refractivity contribution in [3.63, 3.8) is 0 Å². The molecule has 4 heteroatoms.